The molecule has 0 aliphatic carbocycles. The van der Waals surface area contributed by atoms with E-state index in [1.54, 1.807) is 11.0 Å². The summed E-state index contributed by atoms with van der Waals surface area (Å²) in [5.41, 5.74) is 0.802. The molecule has 7 nitrogen and oxygen atoms in total. The van der Waals surface area contributed by atoms with E-state index in [4.69, 9.17) is 8.83 Å². The highest BCUT2D eigenvalue weighted by atomic mass is 32.2. The summed E-state index contributed by atoms with van der Waals surface area (Å²) in [5, 5.41) is 13.6. The minimum absolute atomic E-state index is 0.388. The first-order valence-corrected chi connectivity index (χ1v) is 7.65. The first-order chi connectivity index (χ1) is 10.9. The van der Waals surface area contributed by atoms with Gasteiger partial charge in [0.25, 0.3) is 11.1 Å². The van der Waals surface area contributed by atoms with Crippen molar-refractivity contribution in [3.63, 3.8) is 0 Å². The average Bonchev–Trinajstić information content (AvgIpc) is 3.27. The number of hydrogen-bond acceptors (Lipinski definition) is 7. The number of furan rings is 1. The Bertz CT molecular complexity index is 851. The second-order valence-corrected chi connectivity index (χ2v) is 5.57. The van der Waals surface area contributed by atoms with Gasteiger partial charge in [-0.2, -0.15) is 5.10 Å². The fraction of sp³-hybridized carbons (Fsp3) is 0.143. The van der Waals surface area contributed by atoms with Crippen molar-refractivity contribution in [1.29, 1.82) is 0 Å². The quantitative estimate of drug-likeness (QED) is 0.524. The van der Waals surface area contributed by atoms with Gasteiger partial charge in [0.2, 0.25) is 0 Å². The van der Waals surface area contributed by atoms with Crippen LogP contribution in [0.1, 0.15) is 0 Å². The highest BCUT2D eigenvalue weighted by molar-refractivity contribution is 7.99. The van der Waals surface area contributed by atoms with E-state index in [1.807, 2.05) is 30.3 Å². The second kappa shape index (κ2) is 5.64. The highest BCUT2D eigenvalue weighted by Crippen LogP contribution is 2.28. The molecule has 22 heavy (non-hydrogen) atoms. The second-order valence-electron chi connectivity index (χ2n) is 4.53. The summed E-state index contributed by atoms with van der Waals surface area (Å²) in [5.74, 6) is 1.74. The molecule has 0 aliphatic heterocycles. The van der Waals surface area contributed by atoms with Gasteiger partial charge in [0, 0.05) is 11.1 Å². The van der Waals surface area contributed by atoms with E-state index in [9.17, 15) is 0 Å². The maximum absolute atomic E-state index is 5.70. The molecule has 0 bridgehead atoms. The number of aromatic nitrogens is 5. The molecule has 0 N–H and O–H groups in total. The lowest BCUT2D eigenvalue weighted by Crippen LogP contribution is -2.00. The van der Waals surface area contributed by atoms with Crippen LogP contribution in [0.2, 0.25) is 0 Å². The van der Waals surface area contributed by atoms with Gasteiger partial charge in [-0.1, -0.05) is 30.0 Å². The molecule has 0 amide bonds. The molecular formula is C14H11N5O2S. The molecule has 0 saturated heterocycles. The van der Waals surface area contributed by atoms with Crippen LogP contribution in [-0.2, 0) is 6.54 Å². The van der Waals surface area contributed by atoms with Gasteiger partial charge in [-0.05, 0) is 12.1 Å². The van der Waals surface area contributed by atoms with Gasteiger partial charge in [0.05, 0.1) is 6.54 Å². The van der Waals surface area contributed by atoms with Crippen LogP contribution in [0.4, 0.5) is 0 Å². The molecule has 0 saturated carbocycles. The maximum atomic E-state index is 5.70. The standard InChI is InChI=1S/C14H11N5O2S/c1-2-4-11-10(3-1)7-12(20-11)13-17-18-14(21-13)22-6-5-19-9-15-8-16-19/h1-4,7-9H,5-6H2. The fourth-order valence-electron chi connectivity index (χ4n) is 2.03. The zero-order valence-electron chi connectivity index (χ0n) is 11.4. The number of para-hydroxylation sites is 1. The third-order valence-electron chi connectivity index (χ3n) is 3.06. The van der Waals surface area contributed by atoms with Crippen LogP contribution in [0.5, 0.6) is 0 Å². The van der Waals surface area contributed by atoms with Crippen molar-refractivity contribution in [1.82, 2.24) is 25.0 Å². The minimum atomic E-state index is 0.388. The van der Waals surface area contributed by atoms with Crippen molar-refractivity contribution in [3.8, 4) is 11.7 Å². The van der Waals surface area contributed by atoms with Gasteiger partial charge < -0.3 is 8.83 Å². The molecule has 0 spiro atoms. The van der Waals surface area contributed by atoms with E-state index in [1.165, 1.54) is 18.1 Å². The topological polar surface area (TPSA) is 82.8 Å². The SMILES string of the molecule is c1ccc2oc(-c3nnc(SCCn4cncn4)o3)cc2c1. The average molecular weight is 313 g/mol. The Labute approximate surface area is 129 Å². The van der Waals surface area contributed by atoms with Gasteiger partial charge in [-0.3, -0.25) is 4.68 Å². The first-order valence-electron chi connectivity index (χ1n) is 6.66. The van der Waals surface area contributed by atoms with Crippen LogP contribution < -0.4 is 0 Å². The molecule has 4 aromatic rings. The van der Waals surface area contributed by atoms with E-state index in [0.29, 0.717) is 16.9 Å². The molecule has 0 atom stereocenters. The molecule has 110 valence electrons. The van der Waals surface area contributed by atoms with Crippen molar-refractivity contribution in [2.24, 2.45) is 0 Å². The lowest BCUT2D eigenvalue weighted by atomic mass is 10.2. The molecule has 4 rings (SSSR count). The Morgan fingerprint density at radius 2 is 2.09 bits per heavy atom. The number of thioether (sulfide) groups is 1. The van der Waals surface area contributed by atoms with Crippen molar-refractivity contribution in [2.45, 2.75) is 11.8 Å². The van der Waals surface area contributed by atoms with E-state index in [2.05, 4.69) is 20.3 Å². The number of fused-ring (bicyclic) bond motifs is 1. The molecule has 0 aliphatic rings. The van der Waals surface area contributed by atoms with Gasteiger partial charge in [-0.15, -0.1) is 10.2 Å². The molecule has 3 heterocycles. The third kappa shape index (κ3) is 2.60. The summed E-state index contributed by atoms with van der Waals surface area (Å²) in [4.78, 5) is 3.89. The molecule has 0 radical (unpaired) electrons. The largest absolute Gasteiger partial charge is 0.451 e. The van der Waals surface area contributed by atoms with Gasteiger partial charge >= 0.3 is 0 Å². The molecule has 0 unspecified atom stereocenters. The summed E-state index contributed by atoms with van der Waals surface area (Å²) >= 11 is 1.47. The van der Waals surface area contributed by atoms with Crippen LogP contribution in [0.25, 0.3) is 22.6 Å². The fourth-order valence-corrected chi connectivity index (χ4v) is 2.72. The lowest BCUT2D eigenvalue weighted by molar-refractivity contribution is 0.451. The number of aryl methyl sites for hydroxylation is 1. The van der Waals surface area contributed by atoms with E-state index in [-0.39, 0.29) is 0 Å². The first kappa shape index (κ1) is 13.1. The van der Waals surface area contributed by atoms with Crippen molar-refractivity contribution >= 4 is 22.7 Å². The van der Waals surface area contributed by atoms with Crippen LogP contribution >= 0.6 is 11.8 Å². The van der Waals surface area contributed by atoms with Crippen molar-refractivity contribution in [3.05, 3.63) is 43.0 Å². The Hall–Kier alpha value is -2.61. The Morgan fingerprint density at radius 1 is 1.14 bits per heavy atom. The normalized spacial score (nSPS) is 11.3. The predicted molar refractivity (Wildman–Crippen MR) is 80.3 cm³/mol. The number of rotatable bonds is 5. The number of hydrogen-bond donors (Lipinski definition) is 0. The van der Waals surface area contributed by atoms with E-state index >= 15 is 0 Å². The summed E-state index contributed by atoms with van der Waals surface area (Å²) < 4.78 is 13.1. The lowest BCUT2D eigenvalue weighted by Gasteiger charge is -1.96. The van der Waals surface area contributed by atoms with Gasteiger partial charge in [-0.25, -0.2) is 4.98 Å². The smallest absolute Gasteiger partial charge is 0.284 e. The van der Waals surface area contributed by atoms with Gasteiger partial charge in [0.15, 0.2) is 5.76 Å². The van der Waals surface area contributed by atoms with Crippen molar-refractivity contribution < 1.29 is 8.83 Å². The molecule has 1 aromatic carbocycles. The molecule has 8 heteroatoms. The minimum Gasteiger partial charge on any atom is -0.451 e. The molecule has 3 aromatic heterocycles. The summed E-state index contributed by atoms with van der Waals surface area (Å²) in [6.45, 7) is 0.729. The zero-order valence-corrected chi connectivity index (χ0v) is 12.2. The Balaban J connectivity index is 1.46. The van der Waals surface area contributed by atoms with Crippen molar-refractivity contribution in [2.75, 3.05) is 5.75 Å². The van der Waals surface area contributed by atoms with Crippen LogP contribution in [0, 0.1) is 0 Å². The third-order valence-corrected chi connectivity index (χ3v) is 3.85. The summed E-state index contributed by atoms with van der Waals surface area (Å²) in [6, 6.07) is 9.66. The number of nitrogens with zero attached hydrogens (tertiary/aromatic N) is 5. The summed E-state index contributed by atoms with van der Waals surface area (Å²) in [6.07, 6.45) is 3.19. The van der Waals surface area contributed by atoms with E-state index in [0.717, 1.165) is 23.3 Å². The maximum Gasteiger partial charge on any atom is 0.284 e. The highest BCUT2D eigenvalue weighted by Gasteiger charge is 2.13. The number of benzene rings is 1. The zero-order chi connectivity index (χ0) is 14.8. The van der Waals surface area contributed by atoms with Gasteiger partial charge in [0.1, 0.15) is 18.2 Å². The van der Waals surface area contributed by atoms with Crippen LogP contribution in [0.15, 0.2) is 57.0 Å². The Morgan fingerprint density at radius 3 is 2.95 bits per heavy atom. The molecular weight excluding hydrogens is 302 g/mol. The summed E-state index contributed by atoms with van der Waals surface area (Å²) in [7, 11) is 0. The van der Waals surface area contributed by atoms with Crippen LogP contribution in [-0.4, -0.2) is 30.7 Å². The molecule has 0 fully saturated rings. The Kier molecular flexibility index (Phi) is 3.36. The monoisotopic (exact) mass is 313 g/mol. The van der Waals surface area contributed by atoms with Crippen LogP contribution in [0.3, 0.4) is 0 Å². The predicted octanol–water partition coefficient (Wildman–Crippen LogP) is 2.87. The van der Waals surface area contributed by atoms with E-state index < -0.39 is 0 Å².